The lowest BCUT2D eigenvalue weighted by atomic mass is 10.0. The molecule has 1 unspecified atom stereocenters. The Bertz CT molecular complexity index is 452. The maximum Gasteiger partial charge on any atom is 0.272 e. The molecule has 1 N–H and O–H groups in total. The lowest BCUT2D eigenvalue weighted by Crippen LogP contribution is -2.32. The minimum atomic E-state index is -0.0348. The van der Waals surface area contributed by atoms with Crippen LogP contribution in [0, 0.1) is 0 Å². The van der Waals surface area contributed by atoms with Crippen LogP contribution in [0.4, 0.5) is 0 Å². The fraction of sp³-hybridized carbons (Fsp3) is 0.714. The second-order valence-corrected chi connectivity index (χ2v) is 4.59. The molecule has 0 radical (unpaired) electrons. The molecule has 4 heteroatoms. The van der Waals surface area contributed by atoms with Gasteiger partial charge in [-0.25, -0.2) is 0 Å². The van der Waals surface area contributed by atoms with E-state index in [1.807, 2.05) is 13.8 Å². The summed E-state index contributed by atoms with van der Waals surface area (Å²) in [6.07, 6.45) is 2.49. The van der Waals surface area contributed by atoms with Crippen LogP contribution in [0.5, 0.6) is 0 Å². The topological polar surface area (TPSA) is 55.1 Å². The average Bonchev–Trinajstić information content (AvgIpc) is 2.39. The van der Waals surface area contributed by atoms with Gasteiger partial charge in [0.2, 0.25) is 0 Å². The van der Waals surface area contributed by atoms with Crippen molar-refractivity contribution in [1.82, 2.24) is 9.55 Å². The Morgan fingerprint density at radius 3 is 2.39 bits per heavy atom. The summed E-state index contributed by atoms with van der Waals surface area (Å²) < 4.78 is 1.70. The van der Waals surface area contributed by atoms with Gasteiger partial charge in [0.05, 0.1) is 12.3 Å². The fourth-order valence-corrected chi connectivity index (χ4v) is 2.20. The number of aliphatic hydroxyl groups is 1. The number of aryl methyl sites for hydroxylation is 1. The van der Waals surface area contributed by atoms with Gasteiger partial charge in [-0.05, 0) is 19.3 Å². The highest BCUT2D eigenvalue weighted by Crippen LogP contribution is 2.16. The maximum atomic E-state index is 12.4. The van der Waals surface area contributed by atoms with Crippen LogP contribution in [0.1, 0.15) is 57.1 Å². The van der Waals surface area contributed by atoms with E-state index < -0.39 is 0 Å². The van der Waals surface area contributed by atoms with Gasteiger partial charge in [0.15, 0.2) is 0 Å². The first-order chi connectivity index (χ1) is 8.60. The van der Waals surface area contributed by atoms with Crippen molar-refractivity contribution >= 4 is 0 Å². The number of hydrogen-bond donors (Lipinski definition) is 1. The van der Waals surface area contributed by atoms with E-state index in [1.54, 1.807) is 4.57 Å². The quantitative estimate of drug-likeness (QED) is 0.841. The van der Waals surface area contributed by atoms with Gasteiger partial charge in [-0.1, -0.05) is 27.7 Å². The molecule has 0 aliphatic carbocycles. The van der Waals surface area contributed by atoms with Crippen molar-refractivity contribution < 1.29 is 5.11 Å². The predicted octanol–water partition coefficient (Wildman–Crippen LogP) is 1.87. The summed E-state index contributed by atoms with van der Waals surface area (Å²) in [5.74, 6) is 0.165. The molecule has 0 bridgehead atoms. The van der Waals surface area contributed by atoms with Gasteiger partial charge >= 0.3 is 0 Å². The standard InChI is InChI=1S/C14H24N2O2/c1-5-10(4)13-14(18)16(8-9-17)12(7-3)11(6-2)15-13/h10,17H,5-9H2,1-4H3. The molecule has 18 heavy (non-hydrogen) atoms. The molecule has 0 saturated carbocycles. The van der Waals surface area contributed by atoms with Gasteiger partial charge in [0.25, 0.3) is 5.56 Å². The second kappa shape index (κ2) is 6.69. The van der Waals surface area contributed by atoms with Gasteiger partial charge in [-0.3, -0.25) is 9.78 Å². The Labute approximate surface area is 109 Å². The maximum absolute atomic E-state index is 12.4. The first kappa shape index (κ1) is 14.9. The number of nitrogens with zero attached hydrogens (tertiary/aromatic N) is 2. The summed E-state index contributed by atoms with van der Waals surface area (Å²) in [5, 5.41) is 9.13. The number of hydrogen-bond acceptors (Lipinski definition) is 3. The van der Waals surface area contributed by atoms with E-state index in [1.165, 1.54) is 0 Å². The number of aromatic nitrogens is 2. The zero-order valence-corrected chi connectivity index (χ0v) is 11.9. The third kappa shape index (κ3) is 2.80. The van der Waals surface area contributed by atoms with Crippen LogP contribution < -0.4 is 5.56 Å². The van der Waals surface area contributed by atoms with E-state index in [-0.39, 0.29) is 18.1 Å². The van der Waals surface area contributed by atoms with E-state index in [4.69, 9.17) is 5.11 Å². The Hall–Kier alpha value is -1.16. The van der Waals surface area contributed by atoms with E-state index in [0.29, 0.717) is 12.2 Å². The summed E-state index contributed by atoms with van der Waals surface area (Å²) >= 11 is 0. The molecule has 1 aromatic rings. The molecule has 1 rings (SSSR count). The van der Waals surface area contributed by atoms with Crippen molar-refractivity contribution in [2.45, 2.75) is 59.4 Å². The van der Waals surface area contributed by atoms with Crippen molar-refractivity contribution in [2.75, 3.05) is 6.61 Å². The number of aliphatic hydroxyl groups excluding tert-OH is 1. The van der Waals surface area contributed by atoms with Crippen LogP contribution in [0.3, 0.4) is 0 Å². The summed E-state index contributed by atoms with van der Waals surface area (Å²) in [5.41, 5.74) is 2.55. The Kier molecular flexibility index (Phi) is 5.54. The highest BCUT2D eigenvalue weighted by atomic mass is 16.3. The first-order valence-corrected chi connectivity index (χ1v) is 6.83. The highest BCUT2D eigenvalue weighted by Gasteiger charge is 2.17. The molecular formula is C14H24N2O2. The second-order valence-electron chi connectivity index (χ2n) is 4.59. The minimum absolute atomic E-state index is 0.0139. The molecule has 0 aliphatic heterocycles. The van der Waals surface area contributed by atoms with Crippen molar-refractivity contribution in [3.05, 3.63) is 27.4 Å². The molecule has 0 fully saturated rings. The van der Waals surface area contributed by atoms with Gasteiger partial charge in [-0.2, -0.15) is 0 Å². The van der Waals surface area contributed by atoms with Crippen LogP contribution in [0.15, 0.2) is 4.79 Å². The van der Waals surface area contributed by atoms with Crippen molar-refractivity contribution in [3.63, 3.8) is 0 Å². The van der Waals surface area contributed by atoms with Crippen molar-refractivity contribution in [1.29, 1.82) is 0 Å². The molecule has 0 aromatic carbocycles. The minimum Gasteiger partial charge on any atom is -0.395 e. The Morgan fingerprint density at radius 1 is 1.28 bits per heavy atom. The van der Waals surface area contributed by atoms with E-state index in [2.05, 4.69) is 18.8 Å². The van der Waals surface area contributed by atoms with Gasteiger partial charge < -0.3 is 9.67 Å². The predicted molar refractivity (Wildman–Crippen MR) is 73.0 cm³/mol. The SMILES string of the molecule is CCc1nc(C(C)CC)c(=O)n(CCO)c1CC. The van der Waals surface area contributed by atoms with E-state index in [0.717, 1.165) is 30.7 Å². The lowest BCUT2D eigenvalue weighted by Gasteiger charge is -2.18. The molecule has 0 saturated heterocycles. The van der Waals surface area contributed by atoms with Crippen LogP contribution in [0.25, 0.3) is 0 Å². The molecular weight excluding hydrogens is 228 g/mol. The molecule has 0 amide bonds. The van der Waals surface area contributed by atoms with Crippen LogP contribution in [-0.4, -0.2) is 21.3 Å². The van der Waals surface area contributed by atoms with E-state index in [9.17, 15) is 4.79 Å². The first-order valence-electron chi connectivity index (χ1n) is 6.83. The van der Waals surface area contributed by atoms with Crippen molar-refractivity contribution in [2.24, 2.45) is 0 Å². The zero-order valence-electron chi connectivity index (χ0n) is 11.9. The summed E-state index contributed by atoms with van der Waals surface area (Å²) in [4.78, 5) is 17.0. The number of rotatable bonds is 6. The third-order valence-corrected chi connectivity index (χ3v) is 3.45. The highest BCUT2D eigenvalue weighted by molar-refractivity contribution is 5.18. The summed E-state index contributed by atoms with van der Waals surface area (Å²) in [7, 11) is 0. The lowest BCUT2D eigenvalue weighted by molar-refractivity contribution is 0.271. The molecule has 1 heterocycles. The monoisotopic (exact) mass is 252 g/mol. The molecule has 4 nitrogen and oxygen atoms in total. The van der Waals surface area contributed by atoms with Crippen LogP contribution in [-0.2, 0) is 19.4 Å². The summed E-state index contributed by atoms with van der Waals surface area (Å²) in [6, 6.07) is 0. The largest absolute Gasteiger partial charge is 0.395 e. The average molecular weight is 252 g/mol. The molecule has 1 aromatic heterocycles. The van der Waals surface area contributed by atoms with Gasteiger partial charge in [0.1, 0.15) is 5.69 Å². The normalized spacial score (nSPS) is 12.7. The third-order valence-electron chi connectivity index (χ3n) is 3.45. The van der Waals surface area contributed by atoms with Crippen LogP contribution >= 0.6 is 0 Å². The van der Waals surface area contributed by atoms with E-state index >= 15 is 0 Å². The fourth-order valence-electron chi connectivity index (χ4n) is 2.20. The molecule has 102 valence electrons. The van der Waals surface area contributed by atoms with Gasteiger partial charge in [-0.15, -0.1) is 0 Å². The molecule has 1 atom stereocenters. The zero-order chi connectivity index (χ0) is 13.7. The molecule has 0 aliphatic rings. The van der Waals surface area contributed by atoms with Crippen LogP contribution in [0.2, 0.25) is 0 Å². The molecule has 0 spiro atoms. The Morgan fingerprint density at radius 2 is 1.94 bits per heavy atom. The Balaban J connectivity index is 3.49. The van der Waals surface area contributed by atoms with Crippen molar-refractivity contribution in [3.8, 4) is 0 Å². The van der Waals surface area contributed by atoms with Gasteiger partial charge in [0, 0.05) is 18.2 Å². The summed E-state index contributed by atoms with van der Waals surface area (Å²) in [6.45, 7) is 8.50. The smallest absolute Gasteiger partial charge is 0.272 e.